The van der Waals surface area contributed by atoms with Crippen molar-refractivity contribution in [2.45, 2.75) is 19.3 Å². The second kappa shape index (κ2) is 8.46. The van der Waals surface area contributed by atoms with Crippen molar-refractivity contribution in [3.63, 3.8) is 0 Å². The summed E-state index contributed by atoms with van der Waals surface area (Å²) >= 11 is 0. The van der Waals surface area contributed by atoms with E-state index in [0.29, 0.717) is 25.3 Å². The molecule has 1 amide bonds. The van der Waals surface area contributed by atoms with Gasteiger partial charge in [-0.05, 0) is 43.4 Å². The summed E-state index contributed by atoms with van der Waals surface area (Å²) in [4.78, 5) is 12.0. The number of carbonyl (C=O) groups is 1. The van der Waals surface area contributed by atoms with Crippen molar-refractivity contribution in [1.29, 1.82) is 0 Å². The van der Waals surface area contributed by atoms with E-state index in [2.05, 4.69) is 17.2 Å². The number of nitrogens with two attached hydrogens (primary N) is 1. The van der Waals surface area contributed by atoms with Crippen molar-refractivity contribution >= 4 is 5.91 Å². The molecular formula is C17H22N2O2. The van der Waals surface area contributed by atoms with Gasteiger partial charge in [-0.25, -0.2) is 0 Å². The Bertz CT molecular complexity index is 527. The molecule has 0 aromatic heterocycles. The van der Waals surface area contributed by atoms with Crippen LogP contribution in [-0.4, -0.2) is 32.2 Å². The predicted octanol–water partition coefficient (Wildman–Crippen LogP) is 1.54. The van der Waals surface area contributed by atoms with Gasteiger partial charge in [-0.1, -0.05) is 17.9 Å². The van der Waals surface area contributed by atoms with Crippen molar-refractivity contribution in [2.24, 2.45) is 11.7 Å². The average Bonchev–Trinajstić information content (AvgIpc) is 3.33. The fourth-order valence-corrected chi connectivity index (χ4v) is 1.90. The molecule has 112 valence electrons. The average molecular weight is 286 g/mol. The first-order valence-corrected chi connectivity index (χ1v) is 7.44. The molecule has 4 nitrogen and oxygen atoms in total. The van der Waals surface area contributed by atoms with Gasteiger partial charge in [0.05, 0.1) is 6.54 Å². The Kier molecular flexibility index (Phi) is 6.26. The van der Waals surface area contributed by atoms with Crippen molar-refractivity contribution in [2.75, 3.05) is 26.3 Å². The fraction of sp³-hybridized carbons (Fsp3) is 0.471. The van der Waals surface area contributed by atoms with E-state index < -0.39 is 0 Å². The lowest BCUT2D eigenvalue weighted by atomic mass is 10.1. The smallest absolute Gasteiger partial charge is 0.251 e. The van der Waals surface area contributed by atoms with Gasteiger partial charge in [-0.2, -0.15) is 0 Å². The maximum Gasteiger partial charge on any atom is 0.251 e. The van der Waals surface area contributed by atoms with E-state index in [4.69, 9.17) is 10.5 Å². The zero-order chi connectivity index (χ0) is 14.9. The minimum absolute atomic E-state index is 0.0754. The van der Waals surface area contributed by atoms with E-state index in [-0.39, 0.29) is 5.91 Å². The Morgan fingerprint density at radius 3 is 3.05 bits per heavy atom. The molecule has 1 aliphatic carbocycles. The van der Waals surface area contributed by atoms with Gasteiger partial charge in [0.2, 0.25) is 0 Å². The molecule has 1 saturated carbocycles. The number of benzene rings is 1. The third-order valence-corrected chi connectivity index (χ3v) is 3.26. The Labute approximate surface area is 126 Å². The highest BCUT2D eigenvalue weighted by Crippen LogP contribution is 2.28. The van der Waals surface area contributed by atoms with Crippen LogP contribution in [0, 0.1) is 17.8 Å². The Balaban J connectivity index is 1.69. The first kappa shape index (κ1) is 15.6. The number of hydrogen-bond acceptors (Lipinski definition) is 3. The van der Waals surface area contributed by atoms with E-state index in [9.17, 15) is 4.79 Å². The number of carbonyl (C=O) groups excluding carboxylic acids is 1. The minimum Gasteiger partial charge on any atom is -0.381 e. The highest BCUT2D eigenvalue weighted by Gasteiger charge is 2.20. The quantitative estimate of drug-likeness (QED) is 0.590. The molecule has 0 unspecified atom stereocenters. The number of nitrogens with one attached hydrogen (secondary N) is 1. The predicted molar refractivity (Wildman–Crippen MR) is 82.9 cm³/mol. The van der Waals surface area contributed by atoms with Gasteiger partial charge in [0.25, 0.3) is 5.91 Å². The van der Waals surface area contributed by atoms with Crippen LogP contribution in [0.5, 0.6) is 0 Å². The molecule has 3 N–H and O–H groups in total. The summed E-state index contributed by atoms with van der Waals surface area (Å²) in [5.74, 6) is 6.42. The van der Waals surface area contributed by atoms with Gasteiger partial charge in [-0.15, -0.1) is 0 Å². The summed E-state index contributed by atoms with van der Waals surface area (Å²) in [5, 5.41) is 2.89. The van der Waals surface area contributed by atoms with Crippen LogP contribution in [0.25, 0.3) is 0 Å². The number of amides is 1. The minimum atomic E-state index is -0.0754. The molecule has 1 aromatic carbocycles. The maximum absolute atomic E-state index is 12.0. The standard InChI is InChI=1S/C17H22N2O2/c18-9-2-5-14-4-1-6-16(12-14)17(20)19-10-3-11-21-13-15-7-8-15/h1,4,6,12,15H,3,7-11,13,18H2,(H,19,20). The van der Waals surface area contributed by atoms with E-state index in [0.717, 1.165) is 24.5 Å². The molecular weight excluding hydrogens is 264 g/mol. The monoisotopic (exact) mass is 286 g/mol. The van der Waals surface area contributed by atoms with Crippen LogP contribution < -0.4 is 11.1 Å². The number of ether oxygens (including phenoxy) is 1. The molecule has 0 spiro atoms. The molecule has 0 bridgehead atoms. The Hall–Kier alpha value is -1.83. The zero-order valence-corrected chi connectivity index (χ0v) is 12.2. The van der Waals surface area contributed by atoms with Crippen molar-refractivity contribution in [1.82, 2.24) is 5.32 Å². The summed E-state index contributed by atoms with van der Waals surface area (Å²) in [7, 11) is 0. The van der Waals surface area contributed by atoms with Crippen LogP contribution in [0.3, 0.4) is 0 Å². The largest absolute Gasteiger partial charge is 0.381 e. The fourth-order valence-electron chi connectivity index (χ4n) is 1.90. The lowest BCUT2D eigenvalue weighted by Gasteiger charge is -2.06. The van der Waals surface area contributed by atoms with Gasteiger partial charge >= 0.3 is 0 Å². The van der Waals surface area contributed by atoms with Crippen LogP contribution >= 0.6 is 0 Å². The van der Waals surface area contributed by atoms with Gasteiger partial charge in [-0.3, -0.25) is 4.79 Å². The van der Waals surface area contributed by atoms with E-state index in [1.54, 1.807) is 12.1 Å². The second-order valence-corrected chi connectivity index (χ2v) is 5.21. The molecule has 1 aromatic rings. The lowest BCUT2D eigenvalue weighted by Crippen LogP contribution is -2.25. The van der Waals surface area contributed by atoms with E-state index in [1.165, 1.54) is 12.8 Å². The molecule has 2 rings (SSSR count). The van der Waals surface area contributed by atoms with Crippen molar-refractivity contribution in [3.8, 4) is 11.8 Å². The molecule has 0 atom stereocenters. The summed E-state index contributed by atoms with van der Waals surface area (Å²) in [6, 6.07) is 7.26. The van der Waals surface area contributed by atoms with Crippen LogP contribution in [0.15, 0.2) is 24.3 Å². The first-order valence-electron chi connectivity index (χ1n) is 7.44. The van der Waals surface area contributed by atoms with Crippen LogP contribution in [0.1, 0.15) is 35.2 Å². The first-order chi connectivity index (χ1) is 10.3. The van der Waals surface area contributed by atoms with Gasteiger partial charge in [0.15, 0.2) is 0 Å². The summed E-state index contributed by atoms with van der Waals surface area (Å²) in [6.07, 6.45) is 3.45. The summed E-state index contributed by atoms with van der Waals surface area (Å²) in [5.41, 5.74) is 6.77. The van der Waals surface area contributed by atoms with Crippen LogP contribution in [-0.2, 0) is 4.74 Å². The number of hydrogen-bond donors (Lipinski definition) is 2. The van der Waals surface area contributed by atoms with Gasteiger partial charge in [0, 0.05) is 30.9 Å². The molecule has 0 radical (unpaired) electrons. The maximum atomic E-state index is 12.0. The molecule has 1 aliphatic rings. The van der Waals surface area contributed by atoms with Crippen molar-refractivity contribution in [3.05, 3.63) is 35.4 Å². The molecule has 1 fully saturated rings. The summed E-state index contributed by atoms with van der Waals surface area (Å²) in [6.45, 7) is 2.52. The molecule has 0 aliphatic heterocycles. The van der Waals surface area contributed by atoms with Crippen LogP contribution in [0.2, 0.25) is 0 Å². The van der Waals surface area contributed by atoms with Crippen molar-refractivity contribution < 1.29 is 9.53 Å². The zero-order valence-electron chi connectivity index (χ0n) is 12.2. The molecule has 0 saturated heterocycles. The molecule has 4 heteroatoms. The SMILES string of the molecule is NCC#Cc1cccc(C(=O)NCCCOCC2CC2)c1. The Morgan fingerprint density at radius 2 is 2.29 bits per heavy atom. The number of rotatable bonds is 7. The normalized spacial score (nSPS) is 13.4. The second-order valence-electron chi connectivity index (χ2n) is 5.21. The van der Waals surface area contributed by atoms with Gasteiger partial charge < -0.3 is 15.8 Å². The molecule has 21 heavy (non-hydrogen) atoms. The highest BCUT2D eigenvalue weighted by atomic mass is 16.5. The topological polar surface area (TPSA) is 64.4 Å². The van der Waals surface area contributed by atoms with Crippen LogP contribution in [0.4, 0.5) is 0 Å². The third kappa shape index (κ3) is 5.99. The third-order valence-electron chi connectivity index (χ3n) is 3.26. The molecule has 0 heterocycles. The summed E-state index contributed by atoms with van der Waals surface area (Å²) < 4.78 is 5.53. The van der Waals surface area contributed by atoms with E-state index >= 15 is 0 Å². The van der Waals surface area contributed by atoms with E-state index in [1.807, 2.05) is 12.1 Å². The van der Waals surface area contributed by atoms with Gasteiger partial charge in [0.1, 0.15) is 0 Å². The Morgan fingerprint density at radius 1 is 1.43 bits per heavy atom. The lowest BCUT2D eigenvalue weighted by molar-refractivity contribution is 0.0937. The highest BCUT2D eigenvalue weighted by molar-refractivity contribution is 5.94.